The molecule has 3 rings (SSSR count). The molecule has 0 aliphatic rings. The van der Waals surface area contributed by atoms with Crippen molar-refractivity contribution in [1.29, 1.82) is 0 Å². The second kappa shape index (κ2) is 6.12. The summed E-state index contributed by atoms with van der Waals surface area (Å²) in [6, 6.07) is 1.47. The number of ether oxygens (including phenoxy) is 2. The van der Waals surface area contributed by atoms with Crippen molar-refractivity contribution in [3.05, 3.63) is 30.0 Å². The van der Waals surface area contributed by atoms with Gasteiger partial charge in [-0.05, 0) is 18.6 Å². The molecule has 0 aromatic carbocycles. The lowest BCUT2D eigenvalue weighted by Gasteiger charge is -2.07. The maximum atomic E-state index is 13.8. The number of fused-ring (bicyclic) bond motifs is 1. The lowest BCUT2D eigenvalue weighted by molar-refractivity contribution is 0.358. The number of sulfonamides is 1. The minimum Gasteiger partial charge on any atom is -0.491 e. The Kier molecular flexibility index (Phi) is 4.12. The van der Waals surface area contributed by atoms with E-state index in [9.17, 15) is 12.8 Å². The SMILES string of the molecule is COc1cnc(OC)n2nc(S(=O)(=O)Nc3c(C)ccnc3F)nc12. The molecule has 0 atom stereocenters. The molecule has 0 saturated carbocycles. The summed E-state index contributed by atoms with van der Waals surface area (Å²) >= 11 is 0. The fraction of sp³-hybridized carbons (Fsp3) is 0.231. The van der Waals surface area contributed by atoms with E-state index in [1.165, 1.54) is 39.6 Å². The first-order valence-corrected chi connectivity index (χ1v) is 8.33. The van der Waals surface area contributed by atoms with Gasteiger partial charge in [0.2, 0.25) is 11.6 Å². The lowest BCUT2D eigenvalue weighted by atomic mass is 10.2. The third-order valence-electron chi connectivity index (χ3n) is 3.27. The van der Waals surface area contributed by atoms with Gasteiger partial charge in [-0.2, -0.15) is 27.3 Å². The van der Waals surface area contributed by atoms with Gasteiger partial charge in [0.05, 0.1) is 20.4 Å². The van der Waals surface area contributed by atoms with E-state index in [2.05, 4.69) is 24.8 Å². The summed E-state index contributed by atoms with van der Waals surface area (Å²) in [5.41, 5.74) is 0.160. The Morgan fingerprint density at radius 3 is 2.64 bits per heavy atom. The molecule has 0 saturated heterocycles. The minimum atomic E-state index is -4.28. The highest BCUT2D eigenvalue weighted by Gasteiger charge is 2.25. The van der Waals surface area contributed by atoms with Crippen molar-refractivity contribution in [3.63, 3.8) is 0 Å². The van der Waals surface area contributed by atoms with Crippen LogP contribution in [0.15, 0.2) is 23.6 Å². The van der Waals surface area contributed by atoms with Crippen molar-refractivity contribution < 1.29 is 22.3 Å². The average Bonchev–Trinajstić information content (AvgIpc) is 3.04. The number of methoxy groups -OCH3 is 2. The maximum absolute atomic E-state index is 13.8. The van der Waals surface area contributed by atoms with Crippen LogP contribution in [0.5, 0.6) is 11.8 Å². The summed E-state index contributed by atoms with van der Waals surface area (Å²) in [6.45, 7) is 1.54. The molecule has 12 heteroatoms. The third kappa shape index (κ3) is 2.91. The van der Waals surface area contributed by atoms with E-state index in [1.54, 1.807) is 0 Å². The van der Waals surface area contributed by atoms with Crippen LogP contribution in [0.4, 0.5) is 10.1 Å². The van der Waals surface area contributed by atoms with Crippen molar-refractivity contribution in [2.45, 2.75) is 12.1 Å². The number of pyridine rings is 1. The second-order valence-corrected chi connectivity index (χ2v) is 6.42. The molecule has 3 aromatic heterocycles. The normalized spacial score (nSPS) is 11.5. The first kappa shape index (κ1) is 16.8. The highest BCUT2D eigenvalue weighted by atomic mass is 32.2. The van der Waals surface area contributed by atoms with Crippen molar-refractivity contribution in [1.82, 2.24) is 24.6 Å². The fourth-order valence-electron chi connectivity index (χ4n) is 2.04. The molecule has 0 bridgehead atoms. The van der Waals surface area contributed by atoms with Crippen molar-refractivity contribution in [2.75, 3.05) is 18.9 Å². The van der Waals surface area contributed by atoms with Crippen LogP contribution in [0.1, 0.15) is 5.56 Å². The zero-order chi connectivity index (χ0) is 18.2. The Morgan fingerprint density at radius 2 is 2.00 bits per heavy atom. The zero-order valence-electron chi connectivity index (χ0n) is 13.4. The van der Waals surface area contributed by atoms with Crippen LogP contribution in [0.3, 0.4) is 0 Å². The number of nitrogens with one attached hydrogen (secondary N) is 1. The van der Waals surface area contributed by atoms with Crippen LogP contribution in [0.2, 0.25) is 0 Å². The number of anilines is 1. The highest BCUT2D eigenvalue weighted by molar-refractivity contribution is 7.92. The molecule has 10 nitrogen and oxygen atoms in total. The van der Waals surface area contributed by atoms with Crippen molar-refractivity contribution >= 4 is 21.4 Å². The minimum absolute atomic E-state index is 0.00786. The van der Waals surface area contributed by atoms with Gasteiger partial charge in [0.25, 0.3) is 15.2 Å². The van der Waals surface area contributed by atoms with E-state index < -0.39 is 21.1 Å². The first-order valence-electron chi connectivity index (χ1n) is 6.85. The lowest BCUT2D eigenvalue weighted by Crippen LogP contribution is -2.17. The summed E-state index contributed by atoms with van der Waals surface area (Å²) in [4.78, 5) is 11.3. The van der Waals surface area contributed by atoms with E-state index >= 15 is 0 Å². The summed E-state index contributed by atoms with van der Waals surface area (Å²) in [5, 5.41) is 3.27. The third-order valence-corrected chi connectivity index (χ3v) is 4.40. The maximum Gasteiger partial charge on any atom is 0.319 e. The number of hydrogen-bond donors (Lipinski definition) is 1. The highest BCUT2D eigenvalue weighted by Crippen LogP contribution is 2.24. The molecule has 0 unspecified atom stereocenters. The summed E-state index contributed by atoms with van der Waals surface area (Å²) in [7, 11) is -1.56. The van der Waals surface area contributed by atoms with Gasteiger partial charge in [-0.25, -0.2) is 4.98 Å². The number of halogens is 1. The second-order valence-electron chi connectivity index (χ2n) is 4.84. The van der Waals surface area contributed by atoms with E-state index in [0.717, 1.165) is 4.52 Å². The number of rotatable bonds is 5. The zero-order valence-corrected chi connectivity index (χ0v) is 14.2. The molecule has 0 fully saturated rings. The first-order chi connectivity index (χ1) is 11.9. The number of hydrogen-bond acceptors (Lipinski definition) is 8. The molecule has 3 heterocycles. The number of aromatic nitrogens is 5. The van der Waals surface area contributed by atoms with E-state index in [0.29, 0.717) is 5.56 Å². The summed E-state index contributed by atoms with van der Waals surface area (Å²) in [5.74, 6) is -0.761. The van der Waals surface area contributed by atoms with Crippen LogP contribution in [0, 0.1) is 12.9 Å². The topological polar surface area (TPSA) is 121 Å². The molecular formula is C13H13FN6O4S. The van der Waals surface area contributed by atoms with Crippen LogP contribution in [-0.4, -0.2) is 47.2 Å². The molecule has 1 N–H and O–H groups in total. The Hall–Kier alpha value is -3.02. The van der Waals surface area contributed by atoms with Gasteiger partial charge in [-0.1, -0.05) is 0 Å². The molecule has 0 spiro atoms. The average molecular weight is 368 g/mol. The Bertz CT molecular complexity index is 991. The monoisotopic (exact) mass is 368 g/mol. The van der Waals surface area contributed by atoms with E-state index in [1.807, 2.05) is 0 Å². The molecule has 3 aromatic rings. The van der Waals surface area contributed by atoms with Crippen LogP contribution in [-0.2, 0) is 10.0 Å². The largest absolute Gasteiger partial charge is 0.491 e. The van der Waals surface area contributed by atoms with E-state index in [-0.39, 0.29) is 23.1 Å². The van der Waals surface area contributed by atoms with Gasteiger partial charge in [-0.3, -0.25) is 4.72 Å². The van der Waals surface area contributed by atoms with Gasteiger partial charge >= 0.3 is 6.01 Å². The Morgan fingerprint density at radius 1 is 1.24 bits per heavy atom. The molecule has 0 aliphatic carbocycles. The number of aryl methyl sites for hydroxylation is 1. The predicted octanol–water partition coefficient (Wildman–Crippen LogP) is 0.785. The molecule has 0 amide bonds. The Labute approximate surface area is 141 Å². The molecule has 0 aliphatic heterocycles. The Balaban J connectivity index is 2.12. The van der Waals surface area contributed by atoms with E-state index in [4.69, 9.17) is 9.47 Å². The fourth-order valence-corrected chi connectivity index (χ4v) is 3.04. The van der Waals surface area contributed by atoms with Gasteiger partial charge in [0.1, 0.15) is 5.69 Å². The molecule has 132 valence electrons. The summed E-state index contributed by atoms with van der Waals surface area (Å²) < 4.78 is 52.1. The van der Waals surface area contributed by atoms with Gasteiger partial charge in [0.15, 0.2) is 5.75 Å². The standard InChI is InChI=1S/C13H13FN6O4S/c1-7-4-5-15-10(14)9(7)19-25(21,22)12-17-11-8(23-2)6-16-13(24-3)20(11)18-12/h4-6,19H,1-3H3. The number of nitrogens with zero attached hydrogens (tertiary/aromatic N) is 5. The molecular weight excluding hydrogens is 355 g/mol. The van der Waals surface area contributed by atoms with Crippen LogP contribution >= 0.6 is 0 Å². The van der Waals surface area contributed by atoms with Crippen molar-refractivity contribution in [2.24, 2.45) is 0 Å². The van der Waals surface area contributed by atoms with Crippen LogP contribution in [0.25, 0.3) is 5.65 Å². The van der Waals surface area contributed by atoms with Gasteiger partial charge < -0.3 is 9.47 Å². The van der Waals surface area contributed by atoms with Crippen LogP contribution < -0.4 is 14.2 Å². The smallest absolute Gasteiger partial charge is 0.319 e. The molecule has 25 heavy (non-hydrogen) atoms. The van der Waals surface area contributed by atoms with Gasteiger partial charge in [-0.15, -0.1) is 5.10 Å². The predicted molar refractivity (Wildman–Crippen MR) is 83.6 cm³/mol. The quantitative estimate of drug-likeness (QED) is 0.656. The van der Waals surface area contributed by atoms with Crippen molar-refractivity contribution in [3.8, 4) is 11.8 Å². The summed E-state index contributed by atoms with van der Waals surface area (Å²) in [6.07, 6.45) is 2.55. The molecule has 0 radical (unpaired) electrons. The van der Waals surface area contributed by atoms with Gasteiger partial charge in [0, 0.05) is 6.20 Å².